The third kappa shape index (κ3) is 3.33. The molecule has 0 saturated heterocycles. The number of aliphatic carboxylic acids is 1. The van der Waals surface area contributed by atoms with Gasteiger partial charge in [-0.25, -0.2) is 0 Å². The summed E-state index contributed by atoms with van der Waals surface area (Å²) in [6.07, 6.45) is 5.02. The van der Waals surface area contributed by atoms with Crippen LogP contribution in [0.5, 0.6) is 0 Å². The predicted octanol–water partition coefficient (Wildman–Crippen LogP) is 3.24. The fourth-order valence-electron chi connectivity index (χ4n) is 2.71. The molecule has 1 aliphatic rings. The second-order valence-corrected chi connectivity index (χ2v) is 5.87. The summed E-state index contributed by atoms with van der Waals surface area (Å²) in [4.78, 5) is 24.6. The number of thioether (sulfide) groups is 1. The van der Waals surface area contributed by atoms with Gasteiger partial charge in [-0.3, -0.25) is 9.59 Å². The van der Waals surface area contributed by atoms with E-state index in [-0.39, 0.29) is 5.91 Å². The van der Waals surface area contributed by atoms with E-state index in [9.17, 15) is 14.7 Å². The first-order valence-corrected chi connectivity index (χ1v) is 8.02. The average Bonchev–Trinajstić information content (AvgIpc) is 2.47. The van der Waals surface area contributed by atoms with Gasteiger partial charge >= 0.3 is 5.97 Å². The summed E-state index contributed by atoms with van der Waals surface area (Å²) < 4.78 is 0. The van der Waals surface area contributed by atoms with Crippen LogP contribution in [-0.2, 0) is 9.59 Å². The van der Waals surface area contributed by atoms with E-state index in [4.69, 9.17) is 0 Å². The molecule has 2 atom stereocenters. The van der Waals surface area contributed by atoms with Gasteiger partial charge in [0, 0.05) is 4.90 Å². The molecule has 1 saturated carbocycles. The lowest BCUT2D eigenvalue weighted by atomic mass is 9.78. The highest BCUT2D eigenvalue weighted by atomic mass is 32.2. The number of nitrogens with one attached hydrogen (secondary N) is 1. The summed E-state index contributed by atoms with van der Waals surface area (Å²) in [6.45, 7) is 0. The highest BCUT2D eigenvalue weighted by molar-refractivity contribution is 7.98. The molecule has 4 nitrogen and oxygen atoms in total. The minimum absolute atomic E-state index is 0.168. The number of carbonyl (C=O) groups is 2. The number of anilines is 1. The number of benzene rings is 1. The van der Waals surface area contributed by atoms with Crippen LogP contribution in [0.4, 0.5) is 5.69 Å². The van der Waals surface area contributed by atoms with Crippen molar-refractivity contribution in [3.8, 4) is 0 Å². The number of carboxylic acids is 1. The van der Waals surface area contributed by atoms with Crippen LogP contribution in [0.15, 0.2) is 29.2 Å². The van der Waals surface area contributed by atoms with Crippen LogP contribution in [-0.4, -0.2) is 23.2 Å². The zero-order valence-corrected chi connectivity index (χ0v) is 12.3. The molecule has 0 radical (unpaired) electrons. The number of carbonyl (C=O) groups excluding carboxylic acids is 1. The lowest BCUT2D eigenvalue weighted by Gasteiger charge is -2.27. The van der Waals surface area contributed by atoms with Crippen LogP contribution in [0.25, 0.3) is 0 Å². The molecule has 0 heterocycles. The molecule has 2 N–H and O–H groups in total. The molecule has 2 unspecified atom stereocenters. The molecule has 1 aliphatic carbocycles. The van der Waals surface area contributed by atoms with Crippen LogP contribution >= 0.6 is 11.8 Å². The third-order valence-electron chi connectivity index (χ3n) is 3.78. The number of para-hydroxylation sites is 1. The monoisotopic (exact) mass is 293 g/mol. The number of amides is 1. The van der Waals surface area contributed by atoms with Gasteiger partial charge in [-0.2, -0.15) is 0 Å². The van der Waals surface area contributed by atoms with E-state index >= 15 is 0 Å². The third-order valence-corrected chi connectivity index (χ3v) is 4.58. The average molecular weight is 293 g/mol. The second kappa shape index (κ2) is 6.79. The van der Waals surface area contributed by atoms with Crippen molar-refractivity contribution in [1.82, 2.24) is 0 Å². The first-order valence-electron chi connectivity index (χ1n) is 6.80. The standard InChI is InChI=1S/C15H19NO3S/c1-20-13-9-5-4-8-12(13)16-14(17)10-6-2-3-7-11(10)15(18)19/h4-5,8-11H,2-3,6-7H2,1H3,(H,16,17)(H,18,19). The fraction of sp³-hybridized carbons (Fsp3) is 0.467. The van der Waals surface area contributed by atoms with Crippen molar-refractivity contribution in [3.05, 3.63) is 24.3 Å². The van der Waals surface area contributed by atoms with Crippen LogP contribution in [0.1, 0.15) is 25.7 Å². The molecule has 5 heteroatoms. The Morgan fingerprint density at radius 1 is 1.20 bits per heavy atom. The Kier molecular flexibility index (Phi) is 5.06. The van der Waals surface area contributed by atoms with E-state index in [1.165, 1.54) is 0 Å². The molecule has 0 bridgehead atoms. The van der Waals surface area contributed by atoms with Crippen molar-refractivity contribution in [2.75, 3.05) is 11.6 Å². The fourth-order valence-corrected chi connectivity index (χ4v) is 3.27. The molecule has 1 fully saturated rings. The van der Waals surface area contributed by atoms with Crippen LogP contribution < -0.4 is 5.32 Å². The van der Waals surface area contributed by atoms with Crippen molar-refractivity contribution in [2.24, 2.45) is 11.8 Å². The molecular formula is C15H19NO3S. The summed E-state index contributed by atoms with van der Waals surface area (Å²) in [5, 5.41) is 12.1. The molecule has 20 heavy (non-hydrogen) atoms. The van der Waals surface area contributed by atoms with E-state index in [0.29, 0.717) is 12.8 Å². The summed E-state index contributed by atoms with van der Waals surface area (Å²) in [6, 6.07) is 7.57. The summed E-state index contributed by atoms with van der Waals surface area (Å²) in [5.41, 5.74) is 0.764. The largest absolute Gasteiger partial charge is 0.481 e. The highest BCUT2D eigenvalue weighted by Crippen LogP contribution is 2.32. The van der Waals surface area contributed by atoms with Gasteiger partial charge in [-0.1, -0.05) is 25.0 Å². The van der Waals surface area contributed by atoms with Gasteiger partial charge in [0.2, 0.25) is 5.91 Å². The Morgan fingerprint density at radius 3 is 2.50 bits per heavy atom. The Hall–Kier alpha value is -1.49. The molecule has 108 valence electrons. The molecule has 1 amide bonds. The molecule has 2 rings (SSSR count). The Balaban J connectivity index is 2.12. The van der Waals surface area contributed by atoms with Crippen molar-refractivity contribution in [1.29, 1.82) is 0 Å². The molecule has 0 spiro atoms. The van der Waals surface area contributed by atoms with E-state index in [1.54, 1.807) is 11.8 Å². The van der Waals surface area contributed by atoms with E-state index < -0.39 is 17.8 Å². The first-order chi connectivity index (χ1) is 9.63. The van der Waals surface area contributed by atoms with Gasteiger partial charge in [-0.15, -0.1) is 11.8 Å². The molecule has 0 aromatic heterocycles. The maximum atomic E-state index is 12.4. The number of hydrogen-bond acceptors (Lipinski definition) is 3. The summed E-state index contributed by atoms with van der Waals surface area (Å²) in [7, 11) is 0. The van der Waals surface area contributed by atoms with Crippen LogP contribution in [0.3, 0.4) is 0 Å². The minimum Gasteiger partial charge on any atom is -0.481 e. The van der Waals surface area contributed by atoms with E-state index in [0.717, 1.165) is 23.4 Å². The van der Waals surface area contributed by atoms with Crippen molar-refractivity contribution < 1.29 is 14.7 Å². The zero-order valence-electron chi connectivity index (χ0n) is 11.5. The predicted molar refractivity (Wildman–Crippen MR) is 79.9 cm³/mol. The van der Waals surface area contributed by atoms with Crippen molar-refractivity contribution in [2.45, 2.75) is 30.6 Å². The lowest BCUT2D eigenvalue weighted by molar-refractivity contribution is -0.147. The topological polar surface area (TPSA) is 66.4 Å². The highest BCUT2D eigenvalue weighted by Gasteiger charge is 2.35. The molecular weight excluding hydrogens is 274 g/mol. The molecule has 1 aromatic rings. The quantitative estimate of drug-likeness (QED) is 0.836. The van der Waals surface area contributed by atoms with Crippen LogP contribution in [0.2, 0.25) is 0 Å². The van der Waals surface area contributed by atoms with Crippen molar-refractivity contribution >= 4 is 29.3 Å². The minimum atomic E-state index is -0.858. The first kappa shape index (κ1) is 14.9. The van der Waals surface area contributed by atoms with E-state index in [1.807, 2.05) is 30.5 Å². The Morgan fingerprint density at radius 2 is 1.85 bits per heavy atom. The number of hydrogen-bond donors (Lipinski definition) is 2. The molecule has 1 aromatic carbocycles. The van der Waals surface area contributed by atoms with Gasteiger partial charge in [0.1, 0.15) is 0 Å². The smallest absolute Gasteiger partial charge is 0.307 e. The SMILES string of the molecule is CSc1ccccc1NC(=O)C1CCCCC1C(=O)O. The molecule has 0 aliphatic heterocycles. The Labute approximate surface area is 123 Å². The normalized spacial score (nSPS) is 22.2. The summed E-state index contributed by atoms with van der Waals surface area (Å²) in [5.74, 6) is -2.00. The number of rotatable bonds is 4. The van der Waals surface area contributed by atoms with Gasteiger partial charge in [0.25, 0.3) is 0 Å². The number of carboxylic acid groups (broad SMARTS) is 1. The van der Waals surface area contributed by atoms with Crippen molar-refractivity contribution in [3.63, 3.8) is 0 Å². The van der Waals surface area contributed by atoms with Crippen LogP contribution in [0, 0.1) is 11.8 Å². The zero-order chi connectivity index (χ0) is 14.5. The van der Waals surface area contributed by atoms with Gasteiger partial charge in [-0.05, 0) is 31.2 Å². The second-order valence-electron chi connectivity index (χ2n) is 5.03. The summed E-state index contributed by atoms with van der Waals surface area (Å²) >= 11 is 1.56. The van der Waals surface area contributed by atoms with Gasteiger partial charge in [0.15, 0.2) is 0 Å². The van der Waals surface area contributed by atoms with Gasteiger partial charge in [0.05, 0.1) is 17.5 Å². The lowest BCUT2D eigenvalue weighted by Crippen LogP contribution is -2.36. The maximum absolute atomic E-state index is 12.4. The van der Waals surface area contributed by atoms with Gasteiger partial charge < -0.3 is 10.4 Å². The Bertz CT molecular complexity index is 504. The van der Waals surface area contributed by atoms with E-state index in [2.05, 4.69) is 5.32 Å². The maximum Gasteiger partial charge on any atom is 0.307 e.